The molecule has 2 fully saturated rings. The molecule has 1 aromatic rings. The van der Waals surface area contributed by atoms with E-state index in [2.05, 4.69) is 10.2 Å². The zero-order valence-corrected chi connectivity index (χ0v) is 13.8. The van der Waals surface area contributed by atoms with Crippen molar-refractivity contribution in [1.29, 1.82) is 0 Å². The van der Waals surface area contributed by atoms with Gasteiger partial charge in [-0.1, -0.05) is 0 Å². The lowest BCUT2D eigenvalue weighted by atomic mass is 9.77. The molecule has 1 aromatic carbocycles. The number of nitrogens with one attached hydrogen (secondary N) is 1. The number of aliphatic carboxylic acids is 1. The molecule has 2 N–H and O–H groups in total. The summed E-state index contributed by atoms with van der Waals surface area (Å²) in [6.45, 7) is 5.47. The molecule has 3 rings (SSSR count). The molecule has 2 heterocycles. The number of likely N-dealkylation sites (tertiary alicyclic amines) is 1. The van der Waals surface area contributed by atoms with Crippen molar-refractivity contribution >= 4 is 5.97 Å². The van der Waals surface area contributed by atoms with E-state index in [-0.39, 0.29) is 17.7 Å². The van der Waals surface area contributed by atoms with Crippen molar-refractivity contribution in [3.8, 4) is 5.75 Å². The minimum atomic E-state index is -0.707. The summed E-state index contributed by atoms with van der Waals surface area (Å²) in [6.07, 6.45) is 1.91. The molecule has 2 unspecified atom stereocenters. The molecule has 0 aromatic heterocycles. The third-order valence-electron chi connectivity index (χ3n) is 5.29. The summed E-state index contributed by atoms with van der Waals surface area (Å²) in [4.78, 5) is 13.3. The summed E-state index contributed by atoms with van der Waals surface area (Å²) in [5, 5.41) is 12.4. The summed E-state index contributed by atoms with van der Waals surface area (Å²) >= 11 is 0. The fourth-order valence-electron chi connectivity index (χ4n) is 4.03. The van der Waals surface area contributed by atoms with Gasteiger partial charge in [0.25, 0.3) is 0 Å². The molecule has 24 heavy (non-hydrogen) atoms. The Morgan fingerprint density at radius 3 is 2.96 bits per heavy atom. The second kappa shape index (κ2) is 7.49. The lowest BCUT2D eigenvalue weighted by molar-refractivity contribution is -0.137. The summed E-state index contributed by atoms with van der Waals surface area (Å²) in [7, 11) is 0. The van der Waals surface area contributed by atoms with Crippen molar-refractivity contribution in [2.45, 2.75) is 19.3 Å². The average Bonchev–Trinajstić information content (AvgIpc) is 3.08. The van der Waals surface area contributed by atoms with Crippen molar-refractivity contribution in [1.82, 2.24) is 10.2 Å². The first-order valence-electron chi connectivity index (χ1n) is 8.61. The molecule has 2 aliphatic rings. The Morgan fingerprint density at radius 2 is 2.21 bits per heavy atom. The first kappa shape index (κ1) is 17.2. The topological polar surface area (TPSA) is 61.8 Å². The number of rotatable bonds is 8. The van der Waals surface area contributed by atoms with E-state index in [0.717, 1.165) is 45.6 Å². The van der Waals surface area contributed by atoms with Crippen LogP contribution in [0, 0.1) is 17.2 Å². The van der Waals surface area contributed by atoms with Gasteiger partial charge in [-0.05, 0) is 49.6 Å². The molecule has 2 aliphatic heterocycles. The maximum absolute atomic E-state index is 12.8. The second-order valence-corrected chi connectivity index (χ2v) is 6.97. The van der Waals surface area contributed by atoms with Crippen LogP contribution >= 0.6 is 0 Å². The van der Waals surface area contributed by atoms with Gasteiger partial charge in [-0.25, -0.2) is 4.39 Å². The monoisotopic (exact) mass is 336 g/mol. The van der Waals surface area contributed by atoms with Crippen molar-refractivity contribution in [2.75, 3.05) is 39.3 Å². The molecule has 0 amide bonds. The third kappa shape index (κ3) is 4.05. The zero-order valence-electron chi connectivity index (χ0n) is 13.8. The van der Waals surface area contributed by atoms with Crippen LogP contribution < -0.4 is 10.1 Å². The highest BCUT2D eigenvalue weighted by Crippen LogP contribution is 2.42. The van der Waals surface area contributed by atoms with Crippen LogP contribution in [0.4, 0.5) is 4.39 Å². The number of carbonyl (C=O) groups is 1. The van der Waals surface area contributed by atoms with Crippen LogP contribution in [0.5, 0.6) is 5.75 Å². The fraction of sp³-hybridized carbons (Fsp3) is 0.611. The number of carboxylic acids is 1. The first-order valence-corrected chi connectivity index (χ1v) is 8.61. The minimum Gasteiger partial charge on any atom is -0.494 e. The van der Waals surface area contributed by atoms with E-state index in [1.54, 1.807) is 12.1 Å². The predicted molar refractivity (Wildman–Crippen MR) is 88.6 cm³/mol. The van der Waals surface area contributed by atoms with E-state index >= 15 is 0 Å². The highest BCUT2D eigenvalue weighted by molar-refractivity contribution is 5.66. The van der Waals surface area contributed by atoms with Gasteiger partial charge in [-0.3, -0.25) is 4.79 Å². The van der Waals surface area contributed by atoms with Gasteiger partial charge in [0.2, 0.25) is 0 Å². The van der Waals surface area contributed by atoms with Crippen LogP contribution in [0.1, 0.15) is 19.3 Å². The van der Waals surface area contributed by atoms with E-state index in [9.17, 15) is 9.18 Å². The molecular weight excluding hydrogens is 311 g/mol. The van der Waals surface area contributed by atoms with Crippen molar-refractivity contribution in [3.63, 3.8) is 0 Å². The number of halogens is 1. The zero-order chi connectivity index (χ0) is 17.0. The Labute approximate surface area is 141 Å². The van der Waals surface area contributed by atoms with Gasteiger partial charge in [-0.2, -0.15) is 0 Å². The number of ether oxygens (including phenoxy) is 1. The molecular formula is C18H25FN2O3. The van der Waals surface area contributed by atoms with Crippen LogP contribution in [0.3, 0.4) is 0 Å². The predicted octanol–water partition coefficient (Wildman–Crippen LogP) is 1.98. The standard InChI is InChI=1S/C18H25FN2O3/c19-15-2-4-16(5-3-15)24-9-1-8-21-11-14-10-20-12-18(14,13-21)7-6-17(22)23/h2-5,14,20H,1,6-13H2,(H,22,23). The first-order chi connectivity index (χ1) is 11.6. The summed E-state index contributed by atoms with van der Waals surface area (Å²) in [5.74, 6) is 0.277. The fourth-order valence-corrected chi connectivity index (χ4v) is 4.03. The number of hydrogen-bond donors (Lipinski definition) is 2. The largest absolute Gasteiger partial charge is 0.494 e. The number of carboxylic acid groups (broad SMARTS) is 1. The molecule has 5 nitrogen and oxygen atoms in total. The number of benzene rings is 1. The Morgan fingerprint density at radius 1 is 1.42 bits per heavy atom. The van der Waals surface area contributed by atoms with Gasteiger partial charge >= 0.3 is 5.97 Å². The minimum absolute atomic E-state index is 0.121. The molecule has 0 radical (unpaired) electrons. The van der Waals surface area contributed by atoms with Crippen LogP contribution in [0.25, 0.3) is 0 Å². The lowest BCUT2D eigenvalue weighted by Gasteiger charge is -2.27. The van der Waals surface area contributed by atoms with Gasteiger partial charge in [0.05, 0.1) is 6.61 Å². The van der Waals surface area contributed by atoms with E-state index in [1.807, 2.05) is 0 Å². The maximum atomic E-state index is 12.8. The van der Waals surface area contributed by atoms with Gasteiger partial charge in [-0.15, -0.1) is 0 Å². The molecule has 2 saturated heterocycles. The van der Waals surface area contributed by atoms with Gasteiger partial charge in [0, 0.05) is 38.0 Å². The highest BCUT2D eigenvalue weighted by Gasteiger charge is 2.48. The normalized spacial score (nSPS) is 26.5. The SMILES string of the molecule is O=C(O)CCC12CNCC1CN(CCCOc1ccc(F)cc1)C2. The van der Waals surface area contributed by atoms with E-state index in [0.29, 0.717) is 18.3 Å². The smallest absolute Gasteiger partial charge is 0.303 e. The molecule has 0 spiro atoms. The maximum Gasteiger partial charge on any atom is 0.303 e. The quantitative estimate of drug-likeness (QED) is 0.711. The molecule has 132 valence electrons. The molecule has 6 heteroatoms. The summed E-state index contributed by atoms with van der Waals surface area (Å²) < 4.78 is 18.5. The number of hydrogen-bond acceptors (Lipinski definition) is 4. The lowest BCUT2D eigenvalue weighted by Crippen LogP contribution is -2.33. The molecule has 0 aliphatic carbocycles. The molecule has 0 saturated carbocycles. The van der Waals surface area contributed by atoms with Crippen LogP contribution in [0.2, 0.25) is 0 Å². The second-order valence-electron chi connectivity index (χ2n) is 6.97. The van der Waals surface area contributed by atoms with Gasteiger partial charge < -0.3 is 20.1 Å². The Balaban J connectivity index is 1.42. The van der Waals surface area contributed by atoms with E-state index in [1.165, 1.54) is 12.1 Å². The van der Waals surface area contributed by atoms with E-state index in [4.69, 9.17) is 9.84 Å². The summed E-state index contributed by atoms with van der Waals surface area (Å²) in [6, 6.07) is 6.08. The van der Waals surface area contributed by atoms with Crippen molar-refractivity contribution in [3.05, 3.63) is 30.1 Å². The van der Waals surface area contributed by atoms with Crippen LogP contribution in [0.15, 0.2) is 24.3 Å². The Kier molecular flexibility index (Phi) is 5.36. The van der Waals surface area contributed by atoms with Crippen LogP contribution in [-0.4, -0.2) is 55.3 Å². The number of fused-ring (bicyclic) bond motifs is 1. The Bertz CT molecular complexity index is 566. The van der Waals surface area contributed by atoms with Crippen molar-refractivity contribution in [2.24, 2.45) is 11.3 Å². The van der Waals surface area contributed by atoms with Crippen LogP contribution in [-0.2, 0) is 4.79 Å². The average molecular weight is 336 g/mol. The summed E-state index contributed by atoms with van der Waals surface area (Å²) in [5.41, 5.74) is 0.121. The number of nitrogens with zero attached hydrogens (tertiary/aromatic N) is 1. The van der Waals surface area contributed by atoms with E-state index < -0.39 is 5.97 Å². The van der Waals surface area contributed by atoms with Crippen molar-refractivity contribution < 1.29 is 19.0 Å². The highest BCUT2D eigenvalue weighted by atomic mass is 19.1. The Hall–Kier alpha value is -1.66. The molecule has 2 atom stereocenters. The van der Waals surface area contributed by atoms with Gasteiger partial charge in [0.15, 0.2) is 0 Å². The third-order valence-corrected chi connectivity index (χ3v) is 5.29. The molecule has 0 bridgehead atoms. The van der Waals surface area contributed by atoms with Gasteiger partial charge in [0.1, 0.15) is 11.6 Å².